The van der Waals surface area contributed by atoms with Gasteiger partial charge in [0.25, 0.3) is 0 Å². The highest BCUT2D eigenvalue weighted by Crippen LogP contribution is 2.14. The fourth-order valence-electron chi connectivity index (χ4n) is 1.10. The summed E-state index contributed by atoms with van der Waals surface area (Å²) in [5.41, 5.74) is 5.83. The normalized spacial score (nSPS) is 10.5. The molecular formula is C11H15FN2O2. The molecule has 0 unspecified atom stereocenters. The molecule has 5 heteroatoms. The quantitative estimate of drug-likeness (QED) is 0.617. The zero-order valence-corrected chi connectivity index (χ0v) is 9.37. The molecule has 0 aliphatic carbocycles. The molecule has 0 saturated carbocycles. The number of ether oxygens (including phenoxy) is 1. The van der Waals surface area contributed by atoms with Crippen LogP contribution in [0.25, 0.3) is 0 Å². The summed E-state index contributed by atoms with van der Waals surface area (Å²) in [6.45, 7) is 0.864. The summed E-state index contributed by atoms with van der Waals surface area (Å²) in [5, 5.41) is 0. The first-order valence-electron chi connectivity index (χ1n) is 4.87. The van der Waals surface area contributed by atoms with E-state index in [9.17, 15) is 9.18 Å². The van der Waals surface area contributed by atoms with E-state index in [2.05, 4.69) is 0 Å². The Labute approximate surface area is 93.8 Å². The lowest BCUT2D eigenvalue weighted by molar-refractivity contribution is 0.0482. The number of esters is 1. The molecule has 0 atom stereocenters. The Bertz CT molecular complexity index is 380. The third kappa shape index (κ3) is 3.51. The van der Waals surface area contributed by atoms with E-state index >= 15 is 0 Å². The summed E-state index contributed by atoms with van der Waals surface area (Å²) >= 11 is 0. The molecular weight excluding hydrogens is 211 g/mol. The number of carbonyl (C=O) groups is 1. The highest BCUT2D eigenvalue weighted by molar-refractivity contribution is 5.95. The van der Waals surface area contributed by atoms with Crippen molar-refractivity contribution in [3.63, 3.8) is 0 Å². The molecule has 1 aromatic carbocycles. The summed E-state index contributed by atoms with van der Waals surface area (Å²) in [7, 11) is 3.73. The summed E-state index contributed by atoms with van der Waals surface area (Å²) in [5.74, 6) is -1.10. The zero-order chi connectivity index (χ0) is 12.1. The van der Waals surface area contributed by atoms with Crippen LogP contribution in [0, 0.1) is 5.82 Å². The minimum absolute atomic E-state index is 0.0683. The summed E-state index contributed by atoms with van der Waals surface area (Å²) in [6.07, 6.45) is 0. The SMILES string of the molecule is CN(C)CCOC(=O)c1cc(F)ccc1N. The van der Waals surface area contributed by atoms with E-state index < -0.39 is 11.8 Å². The molecule has 1 aromatic rings. The van der Waals surface area contributed by atoms with Crippen LogP contribution in [-0.4, -0.2) is 38.1 Å². The number of nitrogens with two attached hydrogens (primary N) is 1. The first-order valence-corrected chi connectivity index (χ1v) is 4.87. The van der Waals surface area contributed by atoms with E-state index in [4.69, 9.17) is 10.5 Å². The number of nitrogen functional groups attached to an aromatic ring is 1. The Hall–Kier alpha value is -1.62. The molecule has 0 bridgehead atoms. The monoisotopic (exact) mass is 226 g/mol. The lowest BCUT2D eigenvalue weighted by atomic mass is 10.2. The van der Waals surface area contributed by atoms with Crippen molar-refractivity contribution in [3.8, 4) is 0 Å². The second-order valence-corrected chi connectivity index (χ2v) is 3.67. The molecule has 0 radical (unpaired) electrons. The second-order valence-electron chi connectivity index (χ2n) is 3.67. The van der Waals surface area contributed by atoms with E-state index in [1.807, 2.05) is 19.0 Å². The number of halogens is 1. The number of benzene rings is 1. The smallest absolute Gasteiger partial charge is 0.340 e. The van der Waals surface area contributed by atoms with E-state index in [0.717, 1.165) is 6.07 Å². The van der Waals surface area contributed by atoms with Gasteiger partial charge in [-0.3, -0.25) is 0 Å². The second kappa shape index (κ2) is 5.46. The largest absolute Gasteiger partial charge is 0.461 e. The topological polar surface area (TPSA) is 55.6 Å². The van der Waals surface area contributed by atoms with Crippen LogP contribution in [0.1, 0.15) is 10.4 Å². The van der Waals surface area contributed by atoms with Gasteiger partial charge in [-0.1, -0.05) is 0 Å². The van der Waals surface area contributed by atoms with Crippen molar-refractivity contribution in [2.24, 2.45) is 0 Å². The van der Waals surface area contributed by atoms with Crippen molar-refractivity contribution in [2.75, 3.05) is 33.0 Å². The van der Waals surface area contributed by atoms with Crippen LogP contribution >= 0.6 is 0 Å². The predicted molar refractivity (Wildman–Crippen MR) is 59.6 cm³/mol. The van der Waals surface area contributed by atoms with Gasteiger partial charge in [-0.25, -0.2) is 9.18 Å². The van der Waals surface area contributed by atoms with Crippen molar-refractivity contribution in [3.05, 3.63) is 29.6 Å². The highest BCUT2D eigenvalue weighted by atomic mass is 19.1. The van der Waals surface area contributed by atoms with Gasteiger partial charge >= 0.3 is 5.97 Å². The van der Waals surface area contributed by atoms with Gasteiger partial charge < -0.3 is 15.4 Å². The Morgan fingerprint density at radius 2 is 2.19 bits per heavy atom. The van der Waals surface area contributed by atoms with Crippen molar-refractivity contribution in [2.45, 2.75) is 0 Å². The summed E-state index contributed by atoms with van der Waals surface area (Å²) < 4.78 is 17.8. The number of carbonyl (C=O) groups excluding carboxylic acids is 1. The van der Waals surface area contributed by atoms with E-state index in [1.54, 1.807) is 0 Å². The van der Waals surface area contributed by atoms with Crippen molar-refractivity contribution in [1.82, 2.24) is 4.90 Å². The van der Waals surface area contributed by atoms with Crippen molar-refractivity contribution < 1.29 is 13.9 Å². The minimum Gasteiger partial charge on any atom is -0.461 e. The van der Waals surface area contributed by atoms with Crippen LogP contribution in [0.3, 0.4) is 0 Å². The number of hydrogen-bond acceptors (Lipinski definition) is 4. The molecule has 0 spiro atoms. The third-order valence-corrected chi connectivity index (χ3v) is 2.01. The molecule has 0 saturated heterocycles. The number of nitrogens with zero attached hydrogens (tertiary/aromatic N) is 1. The molecule has 1 rings (SSSR count). The van der Waals surface area contributed by atoms with Crippen molar-refractivity contribution in [1.29, 1.82) is 0 Å². The van der Waals surface area contributed by atoms with Gasteiger partial charge in [0, 0.05) is 12.2 Å². The van der Waals surface area contributed by atoms with Crippen LogP contribution in [0.2, 0.25) is 0 Å². The highest BCUT2D eigenvalue weighted by Gasteiger charge is 2.12. The lowest BCUT2D eigenvalue weighted by Crippen LogP contribution is -2.20. The summed E-state index contributed by atoms with van der Waals surface area (Å²) in [6, 6.07) is 3.62. The number of likely N-dealkylation sites (N-methyl/N-ethyl adjacent to an activating group) is 1. The van der Waals surface area contributed by atoms with Gasteiger partial charge in [0.1, 0.15) is 12.4 Å². The Morgan fingerprint density at radius 3 is 2.81 bits per heavy atom. The van der Waals surface area contributed by atoms with E-state index in [0.29, 0.717) is 6.54 Å². The minimum atomic E-state index is -0.598. The fraction of sp³-hybridized carbons (Fsp3) is 0.364. The average molecular weight is 226 g/mol. The Balaban J connectivity index is 2.62. The Kier molecular flexibility index (Phi) is 4.25. The molecule has 0 amide bonds. The standard InChI is InChI=1S/C11H15FN2O2/c1-14(2)5-6-16-11(15)9-7-8(12)3-4-10(9)13/h3-4,7H,5-6,13H2,1-2H3. The van der Waals surface area contributed by atoms with Crippen LogP contribution in [0.4, 0.5) is 10.1 Å². The number of anilines is 1. The first kappa shape index (κ1) is 12.4. The molecule has 0 aliphatic rings. The van der Waals surface area contributed by atoms with E-state index in [-0.39, 0.29) is 17.9 Å². The van der Waals surface area contributed by atoms with Gasteiger partial charge in [-0.2, -0.15) is 0 Å². The van der Waals surface area contributed by atoms with Crippen LogP contribution in [0.5, 0.6) is 0 Å². The van der Waals surface area contributed by atoms with Gasteiger partial charge in [0.05, 0.1) is 5.56 Å². The maximum absolute atomic E-state index is 12.9. The van der Waals surface area contributed by atoms with Crippen LogP contribution in [0.15, 0.2) is 18.2 Å². The maximum atomic E-state index is 12.9. The number of rotatable bonds is 4. The fourth-order valence-corrected chi connectivity index (χ4v) is 1.10. The van der Waals surface area contributed by atoms with Crippen LogP contribution < -0.4 is 5.73 Å². The molecule has 4 nitrogen and oxygen atoms in total. The predicted octanol–water partition coefficient (Wildman–Crippen LogP) is 1.13. The van der Waals surface area contributed by atoms with Gasteiger partial charge in [-0.15, -0.1) is 0 Å². The maximum Gasteiger partial charge on any atom is 0.340 e. The van der Waals surface area contributed by atoms with Gasteiger partial charge in [0.15, 0.2) is 0 Å². The molecule has 88 valence electrons. The summed E-state index contributed by atoms with van der Waals surface area (Å²) in [4.78, 5) is 13.4. The first-order chi connectivity index (χ1) is 7.50. The lowest BCUT2D eigenvalue weighted by Gasteiger charge is -2.10. The average Bonchev–Trinajstić information content (AvgIpc) is 2.21. The number of hydrogen-bond donors (Lipinski definition) is 1. The molecule has 0 aliphatic heterocycles. The third-order valence-electron chi connectivity index (χ3n) is 2.01. The molecule has 2 N–H and O–H groups in total. The molecule has 0 aromatic heterocycles. The Morgan fingerprint density at radius 1 is 1.50 bits per heavy atom. The van der Waals surface area contributed by atoms with Crippen molar-refractivity contribution >= 4 is 11.7 Å². The van der Waals surface area contributed by atoms with Gasteiger partial charge in [0.2, 0.25) is 0 Å². The zero-order valence-electron chi connectivity index (χ0n) is 9.37. The molecule has 0 fully saturated rings. The van der Waals surface area contributed by atoms with Gasteiger partial charge in [-0.05, 0) is 32.3 Å². The van der Waals surface area contributed by atoms with Crippen LogP contribution in [-0.2, 0) is 4.74 Å². The van der Waals surface area contributed by atoms with E-state index in [1.165, 1.54) is 12.1 Å². The molecule has 0 heterocycles. The molecule has 16 heavy (non-hydrogen) atoms.